The van der Waals surface area contributed by atoms with E-state index in [9.17, 15) is 4.79 Å². The lowest BCUT2D eigenvalue weighted by molar-refractivity contribution is 0.0941. The predicted octanol–water partition coefficient (Wildman–Crippen LogP) is 2.07. The fourth-order valence-electron chi connectivity index (χ4n) is 4.30. The number of nitrogens with one attached hydrogen (secondary N) is 2. The van der Waals surface area contributed by atoms with Crippen LogP contribution in [0.5, 0.6) is 0 Å². The van der Waals surface area contributed by atoms with Gasteiger partial charge in [0, 0.05) is 24.2 Å². The zero-order valence-corrected chi connectivity index (χ0v) is 13.8. The molecule has 0 aromatic carbocycles. The fraction of sp³-hybridized carbons (Fsp3) is 0.625. The zero-order valence-electron chi connectivity index (χ0n) is 13.0. The third-order valence-electron chi connectivity index (χ3n) is 5.28. The lowest BCUT2D eigenvalue weighted by Crippen LogP contribution is -2.41. The van der Waals surface area contributed by atoms with Crippen LogP contribution in [0.1, 0.15) is 35.9 Å². The fourth-order valence-corrected chi connectivity index (χ4v) is 5.06. The smallest absolute Gasteiger partial charge is 0.270 e. The monoisotopic (exact) mass is 318 g/mol. The van der Waals surface area contributed by atoms with Gasteiger partial charge in [0.25, 0.3) is 5.91 Å². The van der Waals surface area contributed by atoms with Gasteiger partial charge in [-0.1, -0.05) is 6.92 Å². The van der Waals surface area contributed by atoms with E-state index in [4.69, 9.17) is 0 Å². The standard InChI is InChI=1S/C16H22N4OS/c1-9-5-11-7-17-13(12(11)6-9)8-18-15(21)14-10(2)19-16-20(14)3-4-22-16/h3-4,9,11-13,17H,5-8H2,1-2H3,(H,18,21)/t9?,11?,12-,13?/m0/s1. The van der Waals surface area contributed by atoms with E-state index < -0.39 is 0 Å². The van der Waals surface area contributed by atoms with Gasteiger partial charge in [0.15, 0.2) is 4.96 Å². The molecule has 118 valence electrons. The molecule has 6 heteroatoms. The van der Waals surface area contributed by atoms with E-state index in [-0.39, 0.29) is 5.91 Å². The van der Waals surface area contributed by atoms with Gasteiger partial charge < -0.3 is 10.6 Å². The molecule has 1 aliphatic heterocycles. The van der Waals surface area contributed by atoms with E-state index in [1.54, 1.807) is 11.3 Å². The Morgan fingerprint density at radius 1 is 1.55 bits per heavy atom. The van der Waals surface area contributed by atoms with Crippen molar-refractivity contribution in [2.24, 2.45) is 17.8 Å². The Bertz CT molecular complexity index is 706. The topological polar surface area (TPSA) is 58.4 Å². The molecule has 4 rings (SSSR count). The number of rotatable bonds is 3. The molecule has 5 nitrogen and oxygen atoms in total. The number of aromatic nitrogens is 2. The summed E-state index contributed by atoms with van der Waals surface area (Å²) in [6, 6.07) is 0.421. The van der Waals surface area contributed by atoms with Crippen LogP contribution in [-0.2, 0) is 0 Å². The zero-order chi connectivity index (χ0) is 15.3. The van der Waals surface area contributed by atoms with Crippen LogP contribution in [0.2, 0.25) is 0 Å². The summed E-state index contributed by atoms with van der Waals surface area (Å²) in [7, 11) is 0. The highest BCUT2D eigenvalue weighted by Crippen LogP contribution is 2.40. The van der Waals surface area contributed by atoms with Crippen molar-refractivity contribution in [3.63, 3.8) is 0 Å². The maximum absolute atomic E-state index is 12.6. The number of carbonyl (C=O) groups excluding carboxylic acids is 1. The van der Waals surface area contributed by atoms with Crippen LogP contribution in [0.3, 0.4) is 0 Å². The molecule has 0 bridgehead atoms. The average molecular weight is 318 g/mol. The first-order valence-electron chi connectivity index (χ1n) is 8.07. The number of amides is 1. The summed E-state index contributed by atoms with van der Waals surface area (Å²) in [5.74, 6) is 2.35. The van der Waals surface area contributed by atoms with Gasteiger partial charge in [-0.15, -0.1) is 11.3 Å². The highest BCUT2D eigenvalue weighted by molar-refractivity contribution is 7.15. The molecule has 1 saturated heterocycles. The minimum atomic E-state index is -0.0142. The first-order valence-corrected chi connectivity index (χ1v) is 8.95. The predicted molar refractivity (Wildman–Crippen MR) is 87.3 cm³/mol. The summed E-state index contributed by atoms with van der Waals surface area (Å²) >= 11 is 1.56. The van der Waals surface area contributed by atoms with Crippen LogP contribution >= 0.6 is 11.3 Å². The van der Waals surface area contributed by atoms with E-state index in [1.165, 1.54) is 12.8 Å². The first kappa shape index (κ1) is 14.2. The van der Waals surface area contributed by atoms with Crippen LogP contribution in [0.4, 0.5) is 0 Å². The summed E-state index contributed by atoms with van der Waals surface area (Å²) in [5, 5.41) is 8.67. The maximum atomic E-state index is 12.6. The molecule has 0 spiro atoms. The van der Waals surface area contributed by atoms with Gasteiger partial charge in [0.1, 0.15) is 5.69 Å². The SMILES string of the molecule is Cc1nc2sccn2c1C(=O)NCC1NCC2CC(C)C[C@@H]21. The lowest BCUT2D eigenvalue weighted by Gasteiger charge is -2.19. The van der Waals surface area contributed by atoms with Gasteiger partial charge in [0.2, 0.25) is 0 Å². The number of hydrogen-bond acceptors (Lipinski definition) is 4. The van der Waals surface area contributed by atoms with Crippen molar-refractivity contribution in [2.75, 3.05) is 13.1 Å². The normalized spacial score (nSPS) is 30.8. The molecule has 1 aliphatic carbocycles. The van der Waals surface area contributed by atoms with Crippen molar-refractivity contribution in [1.29, 1.82) is 0 Å². The summed E-state index contributed by atoms with van der Waals surface area (Å²) in [4.78, 5) is 17.9. The molecule has 2 aromatic heterocycles. The molecule has 1 saturated carbocycles. The number of nitrogens with zero attached hydrogens (tertiary/aromatic N) is 2. The number of thiazole rings is 1. The molecular weight excluding hydrogens is 296 g/mol. The number of fused-ring (bicyclic) bond motifs is 2. The average Bonchev–Trinajstić information content (AvgIpc) is 3.17. The second-order valence-electron chi connectivity index (χ2n) is 6.83. The van der Waals surface area contributed by atoms with Gasteiger partial charge in [-0.25, -0.2) is 4.98 Å². The van der Waals surface area contributed by atoms with Crippen LogP contribution in [0.25, 0.3) is 4.96 Å². The van der Waals surface area contributed by atoms with Gasteiger partial charge >= 0.3 is 0 Å². The van der Waals surface area contributed by atoms with E-state index >= 15 is 0 Å². The molecule has 3 heterocycles. The summed E-state index contributed by atoms with van der Waals surface area (Å²) in [6.45, 7) is 6.06. The third kappa shape index (κ3) is 2.25. The summed E-state index contributed by atoms with van der Waals surface area (Å²) in [5.41, 5.74) is 1.47. The summed E-state index contributed by atoms with van der Waals surface area (Å²) < 4.78 is 1.89. The number of aryl methyl sites for hydroxylation is 1. The van der Waals surface area contributed by atoms with E-state index in [1.807, 2.05) is 22.9 Å². The Kier molecular flexibility index (Phi) is 3.46. The molecule has 0 radical (unpaired) electrons. The Balaban J connectivity index is 1.45. The van der Waals surface area contributed by atoms with Crippen molar-refractivity contribution >= 4 is 22.2 Å². The van der Waals surface area contributed by atoms with Crippen LogP contribution < -0.4 is 10.6 Å². The van der Waals surface area contributed by atoms with Gasteiger partial charge in [0.05, 0.1) is 5.69 Å². The molecule has 2 aromatic rings. The molecular formula is C16H22N4OS. The quantitative estimate of drug-likeness (QED) is 0.911. The highest BCUT2D eigenvalue weighted by Gasteiger charge is 2.41. The van der Waals surface area contributed by atoms with E-state index in [0.29, 0.717) is 18.3 Å². The van der Waals surface area contributed by atoms with Crippen molar-refractivity contribution in [3.05, 3.63) is 23.0 Å². The second-order valence-corrected chi connectivity index (χ2v) is 7.70. The molecule has 2 N–H and O–H groups in total. The molecule has 2 fully saturated rings. The lowest BCUT2D eigenvalue weighted by atomic mass is 9.94. The minimum Gasteiger partial charge on any atom is -0.349 e. The van der Waals surface area contributed by atoms with Crippen LogP contribution in [0.15, 0.2) is 11.6 Å². The van der Waals surface area contributed by atoms with Gasteiger partial charge in [-0.05, 0) is 44.1 Å². The Morgan fingerprint density at radius 3 is 3.27 bits per heavy atom. The van der Waals surface area contributed by atoms with Crippen LogP contribution in [-0.4, -0.2) is 34.4 Å². The molecule has 1 amide bonds. The molecule has 22 heavy (non-hydrogen) atoms. The number of carbonyl (C=O) groups is 1. The van der Waals surface area contributed by atoms with E-state index in [0.717, 1.165) is 35.0 Å². The molecule has 4 atom stereocenters. The third-order valence-corrected chi connectivity index (χ3v) is 6.03. The first-order chi connectivity index (χ1) is 10.6. The Morgan fingerprint density at radius 2 is 2.41 bits per heavy atom. The van der Waals surface area contributed by atoms with Crippen molar-refractivity contribution in [2.45, 2.75) is 32.7 Å². The maximum Gasteiger partial charge on any atom is 0.270 e. The van der Waals surface area contributed by atoms with E-state index in [2.05, 4.69) is 22.5 Å². The largest absolute Gasteiger partial charge is 0.349 e. The molecule has 3 unspecified atom stereocenters. The Hall–Kier alpha value is -1.40. The number of hydrogen-bond donors (Lipinski definition) is 2. The molecule has 2 aliphatic rings. The van der Waals surface area contributed by atoms with Crippen molar-refractivity contribution in [1.82, 2.24) is 20.0 Å². The highest BCUT2D eigenvalue weighted by atomic mass is 32.1. The van der Waals surface area contributed by atoms with Crippen LogP contribution in [0, 0.1) is 24.7 Å². The van der Waals surface area contributed by atoms with Gasteiger partial charge in [-0.3, -0.25) is 9.20 Å². The minimum absolute atomic E-state index is 0.0142. The second kappa shape index (κ2) is 5.35. The Labute approximate surface area is 134 Å². The number of imidazole rings is 1. The van der Waals surface area contributed by atoms with Crippen molar-refractivity contribution < 1.29 is 4.79 Å². The summed E-state index contributed by atoms with van der Waals surface area (Å²) in [6.07, 6.45) is 4.54. The van der Waals surface area contributed by atoms with Crippen molar-refractivity contribution in [3.8, 4) is 0 Å². The van der Waals surface area contributed by atoms with Gasteiger partial charge in [-0.2, -0.15) is 0 Å².